The number of para-hydroxylation sites is 2. The molecule has 1 saturated heterocycles. The molecule has 2 heterocycles. The van der Waals surface area contributed by atoms with Crippen molar-refractivity contribution in [3.05, 3.63) is 40.3 Å². The van der Waals surface area contributed by atoms with Crippen molar-refractivity contribution in [2.24, 2.45) is 17.0 Å². The molecule has 2 bridgehead atoms. The summed E-state index contributed by atoms with van der Waals surface area (Å²) in [4.78, 5) is 37.3. The van der Waals surface area contributed by atoms with Gasteiger partial charge in [-0.05, 0) is 63.0 Å². The molecular formula is C28H38N4O5. The van der Waals surface area contributed by atoms with Gasteiger partial charge in [-0.15, -0.1) is 0 Å². The van der Waals surface area contributed by atoms with Gasteiger partial charge in [-0.1, -0.05) is 43.0 Å². The Morgan fingerprint density at radius 2 is 1.78 bits per heavy atom. The van der Waals surface area contributed by atoms with Gasteiger partial charge in [0, 0.05) is 24.2 Å². The zero-order chi connectivity index (χ0) is 26.1. The second-order valence-electron chi connectivity index (χ2n) is 11.2. The molecule has 1 aliphatic heterocycles. The van der Waals surface area contributed by atoms with Crippen LogP contribution in [0, 0.1) is 11.8 Å². The molecule has 9 nitrogen and oxygen atoms in total. The first kappa shape index (κ1) is 25.9. The van der Waals surface area contributed by atoms with Crippen LogP contribution in [-0.2, 0) is 9.63 Å². The summed E-state index contributed by atoms with van der Waals surface area (Å²) < 4.78 is 1.68. The number of hydrogen-bond acceptors (Lipinski definition) is 7. The van der Waals surface area contributed by atoms with Gasteiger partial charge in [0.2, 0.25) is 5.71 Å². The minimum atomic E-state index is -1.37. The molecule has 2 N–H and O–H groups in total. The average molecular weight is 511 g/mol. The lowest BCUT2D eigenvalue weighted by Crippen LogP contribution is -2.57. The lowest BCUT2D eigenvalue weighted by atomic mass is 9.75. The van der Waals surface area contributed by atoms with Crippen molar-refractivity contribution in [3.63, 3.8) is 0 Å². The van der Waals surface area contributed by atoms with Crippen molar-refractivity contribution in [3.8, 4) is 0 Å². The minimum Gasteiger partial charge on any atom is -0.476 e. The number of aliphatic hydroxyl groups excluding tert-OH is 1. The van der Waals surface area contributed by atoms with Crippen LogP contribution in [0.3, 0.4) is 0 Å². The molecule has 3 aliphatic rings. The zero-order valence-corrected chi connectivity index (χ0v) is 21.8. The van der Waals surface area contributed by atoms with E-state index in [1.165, 1.54) is 52.1 Å². The Labute approximate surface area is 217 Å². The van der Waals surface area contributed by atoms with Crippen molar-refractivity contribution >= 4 is 22.7 Å². The number of oxime groups is 1. The van der Waals surface area contributed by atoms with Crippen LogP contribution in [0.4, 0.5) is 0 Å². The maximum Gasteiger partial charge on any atom is 0.360 e. The molecule has 2 saturated carbocycles. The van der Waals surface area contributed by atoms with Crippen LogP contribution >= 0.6 is 0 Å². The number of rotatable bonds is 6. The number of carbonyl (C=O) groups is 1. The number of aliphatic carboxylic acids is 1. The van der Waals surface area contributed by atoms with E-state index in [9.17, 15) is 19.8 Å². The fourth-order valence-electron chi connectivity index (χ4n) is 7.50. The van der Waals surface area contributed by atoms with E-state index in [4.69, 9.17) is 4.84 Å². The number of benzene rings is 1. The van der Waals surface area contributed by atoms with E-state index >= 15 is 0 Å². The number of piperidine rings is 1. The predicted molar refractivity (Wildman–Crippen MR) is 141 cm³/mol. The quantitative estimate of drug-likeness (QED) is 0.451. The molecule has 3 fully saturated rings. The third kappa shape index (κ3) is 5.03. The molecule has 5 unspecified atom stereocenters. The molecule has 1 aromatic heterocycles. The normalized spacial score (nSPS) is 31.2. The van der Waals surface area contributed by atoms with E-state index in [1.807, 2.05) is 18.2 Å². The molecule has 0 amide bonds. The van der Waals surface area contributed by atoms with Crippen LogP contribution in [0.1, 0.15) is 76.4 Å². The van der Waals surface area contributed by atoms with Gasteiger partial charge in [-0.2, -0.15) is 0 Å². The molecule has 37 heavy (non-hydrogen) atoms. The van der Waals surface area contributed by atoms with E-state index in [-0.39, 0.29) is 30.4 Å². The van der Waals surface area contributed by atoms with E-state index in [2.05, 4.69) is 22.0 Å². The molecule has 1 aromatic carbocycles. The summed E-state index contributed by atoms with van der Waals surface area (Å²) in [7, 11) is 1.24. The largest absolute Gasteiger partial charge is 0.476 e. The molecule has 9 heteroatoms. The molecule has 0 spiro atoms. The monoisotopic (exact) mass is 510 g/mol. The Bertz CT molecular complexity index is 1210. The van der Waals surface area contributed by atoms with Gasteiger partial charge in [0.15, 0.2) is 5.69 Å². The average Bonchev–Trinajstić information content (AvgIpc) is 3.05. The Morgan fingerprint density at radius 1 is 1.08 bits per heavy atom. The summed E-state index contributed by atoms with van der Waals surface area (Å²) in [6.45, 7) is 2.24. The highest BCUT2D eigenvalue weighted by Gasteiger charge is 2.42. The maximum atomic E-state index is 13.8. The summed E-state index contributed by atoms with van der Waals surface area (Å²) in [5.74, 6) is 0.183. The van der Waals surface area contributed by atoms with Gasteiger partial charge in [0.1, 0.15) is 7.11 Å². The highest BCUT2D eigenvalue weighted by Crippen LogP contribution is 2.43. The number of likely N-dealkylation sites (tertiary alicyclic amines) is 1. The Morgan fingerprint density at radius 3 is 2.43 bits per heavy atom. The predicted octanol–water partition coefficient (Wildman–Crippen LogP) is 3.58. The van der Waals surface area contributed by atoms with Gasteiger partial charge in [-0.3, -0.25) is 9.69 Å². The van der Waals surface area contributed by atoms with Gasteiger partial charge in [0.05, 0.1) is 17.6 Å². The van der Waals surface area contributed by atoms with Crippen LogP contribution in [0.25, 0.3) is 11.0 Å². The smallest absolute Gasteiger partial charge is 0.360 e. The lowest BCUT2D eigenvalue weighted by molar-refractivity contribution is -0.129. The number of hydrogen-bond donors (Lipinski definition) is 2. The summed E-state index contributed by atoms with van der Waals surface area (Å²) in [5, 5.41) is 23.8. The standard InChI is InChI=1S/C28H38N4O5/c1-17-11-20(15-22(16-33)31(17)21-13-18-7-3-4-8-19(12-18)14-21)32-24-10-6-5-9-23(24)29-25(27(32)34)26(28(35)36)30-37-2/h5-6,9-10,17-22,33H,3-4,7-8,11-16H2,1-2H3,(H,35,36)/b30-26-. The molecule has 2 aliphatic carbocycles. The Balaban J connectivity index is 1.51. The first-order valence-corrected chi connectivity index (χ1v) is 13.7. The fraction of sp³-hybridized carbons (Fsp3) is 0.643. The number of carboxylic acid groups (broad SMARTS) is 1. The van der Waals surface area contributed by atoms with Crippen molar-refractivity contribution < 1.29 is 19.8 Å². The van der Waals surface area contributed by atoms with Crippen LogP contribution in [0.5, 0.6) is 0 Å². The minimum absolute atomic E-state index is 0.0306. The second-order valence-corrected chi connectivity index (χ2v) is 11.2. The van der Waals surface area contributed by atoms with E-state index in [1.54, 1.807) is 10.6 Å². The van der Waals surface area contributed by atoms with Crippen LogP contribution < -0.4 is 5.56 Å². The Kier molecular flexibility index (Phi) is 7.62. The number of aliphatic hydroxyl groups is 1. The van der Waals surface area contributed by atoms with Crippen LogP contribution in [0.2, 0.25) is 0 Å². The first-order valence-electron chi connectivity index (χ1n) is 13.7. The van der Waals surface area contributed by atoms with Crippen molar-refractivity contribution in [2.75, 3.05) is 13.7 Å². The van der Waals surface area contributed by atoms with E-state index in [0.717, 1.165) is 18.3 Å². The van der Waals surface area contributed by atoms with Crippen molar-refractivity contribution in [1.82, 2.24) is 14.5 Å². The second kappa shape index (κ2) is 10.9. The molecule has 5 atom stereocenters. The van der Waals surface area contributed by atoms with E-state index < -0.39 is 17.2 Å². The molecule has 200 valence electrons. The van der Waals surface area contributed by atoms with Gasteiger partial charge < -0.3 is 19.6 Å². The summed E-state index contributed by atoms with van der Waals surface area (Å²) >= 11 is 0. The van der Waals surface area contributed by atoms with Crippen molar-refractivity contribution in [1.29, 1.82) is 0 Å². The SMILES string of the molecule is CO/N=C(\C(=O)O)c1nc2ccccc2n(C2CC(C)N(C3CC4CCCCC(C4)C3)C(CO)C2)c1=O. The maximum absolute atomic E-state index is 13.8. The number of carboxylic acids is 1. The van der Waals surface area contributed by atoms with Gasteiger partial charge in [-0.25, -0.2) is 9.78 Å². The molecule has 0 radical (unpaired) electrons. The van der Waals surface area contributed by atoms with Crippen LogP contribution in [-0.4, -0.2) is 68.2 Å². The van der Waals surface area contributed by atoms with Gasteiger partial charge >= 0.3 is 5.97 Å². The number of aromatic nitrogens is 2. The van der Waals surface area contributed by atoms with Gasteiger partial charge in [0.25, 0.3) is 5.56 Å². The third-order valence-electron chi connectivity index (χ3n) is 8.84. The third-order valence-corrected chi connectivity index (χ3v) is 8.84. The highest BCUT2D eigenvalue weighted by molar-refractivity contribution is 6.41. The topological polar surface area (TPSA) is 117 Å². The number of nitrogens with zero attached hydrogens (tertiary/aromatic N) is 4. The molecule has 2 aromatic rings. The zero-order valence-electron chi connectivity index (χ0n) is 21.8. The molecular weight excluding hydrogens is 472 g/mol. The summed E-state index contributed by atoms with van der Waals surface area (Å²) in [6, 6.07) is 7.65. The Hall–Kier alpha value is -2.78. The number of fused-ring (bicyclic) bond motifs is 3. The van der Waals surface area contributed by atoms with Crippen molar-refractivity contribution in [2.45, 2.75) is 88.9 Å². The first-order chi connectivity index (χ1) is 17.9. The lowest BCUT2D eigenvalue weighted by Gasteiger charge is -2.50. The summed E-state index contributed by atoms with van der Waals surface area (Å²) in [5.41, 5.74) is -0.0671. The van der Waals surface area contributed by atoms with E-state index in [0.29, 0.717) is 23.5 Å². The summed E-state index contributed by atoms with van der Waals surface area (Å²) in [6.07, 6.45) is 10.4. The molecule has 5 rings (SSSR count). The highest BCUT2D eigenvalue weighted by atomic mass is 16.6. The fourth-order valence-corrected chi connectivity index (χ4v) is 7.50. The van der Waals surface area contributed by atoms with Crippen LogP contribution in [0.15, 0.2) is 34.2 Å².